The van der Waals surface area contributed by atoms with Gasteiger partial charge in [0.25, 0.3) is 0 Å². The molecular weight excluding hydrogens is 274 g/mol. The zero-order valence-electron chi connectivity index (χ0n) is 12.1. The van der Waals surface area contributed by atoms with Crippen LogP contribution in [-0.4, -0.2) is 21.7 Å². The Morgan fingerprint density at radius 2 is 2.15 bits per heavy atom. The van der Waals surface area contributed by atoms with Gasteiger partial charge in [-0.3, -0.25) is 0 Å². The first-order chi connectivity index (χ1) is 9.67. The van der Waals surface area contributed by atoms with Crippen LogP contribution in [-0.2, 0) is 19.5 Å². The van der Waals surface area contributed by atoms with Gasteiger partial charge in [-0.15, -0.1) is 16.4 Å². The summed E-state index contributed by atoms with van der Waals surface area (Å²) in [6.45, 7) is 8.60. The molecule has 0 radical (unpaired) electrons. The molecule has 2 aromatic heterocycles. The molecule has 2 N–H and O–H groups in total. The first-order valence-electron chi connectivity index (χ1n) is 6.88. The van der Waals surface area contributed by atoms with Crippen molar-refractivity contribution >= 4 is 17.4 Å². The van der Waals surface area contributed by atoms with E-state index in [1.165, 1.54) is 4.88 Å². The minimum absolute atomic E-state index is 0.444. The van der Waals surface area contributed by atoms with E-state index >= 15 is 0 Å². The van der Waals surface area contributed by atoms with Crippen molar-refractivity contribution in [3.05, 3.63) is 22.0 Å². The summed E-state index contributed by atoms with van der Waals surface area (Å²) in [5, 5.41) is 15.3. The van der Waals surface area contributed by atoms with Crippen molar-refractivity contribution in [3.63, 3.8) is 0 Å². The van der Waals surface area contributed by atoms with Gasteiger partial charge in [0.2, 0.25) is 5.89 Å². The van der Waals surface area contributed by atoms with Crippen molar-refractivity contribution in [2.45, 2.75) is 40.3 Å². The Morgan fingerprint density at radius 1 is 1.30 bits per heavy atom. The largest absolute Gasteiger partial charge is 0.407 e. The normalized spacial score (nSPS) is 11.2. The molecule has 2 heterocycles. The Labute approximate surface area is 123 Å². The maximum absolute atomic E-state index is 5.50. The van der Waals surface area contributed by atoms with E-state index in [4.69, 9.17) is 4.42 Å². The van der Waals surface area contributed by atoms with Gasteiger partial charge in [0.15, 0.2) is 0 Å². The quantitative estimate of drug-likeness (QED) is 0.779. The second-order valence-corrected chi connectivity index (χ2v) is 6.15. The first kappa shape index (κ1) is 14.9. The van der Waals surface area contributed by atoms with Crippen LogP contribution in [0.25, 0.3) is 0 Å². The van der Waals surface area contributed by atoms with E-state index in [1.54, 1.807) is 11.3 Å². The highest BCUT2D eigenvalue weighted by Crippen LogP contribution is 2.15. The summed E-state index contributed by atoms with van der Waals surface area (Å²) < 4.78 is 5.50. The van der Waals surface area contributed by atoms with Gasteiger partial charge in [-0.05, 0) is 18.9 Å². The summed E-state index contributed by atoms with van der Waals surface area (Å²) in [6.07, 6.45) is 2.93. The lowest BCUT2D eigenvalue weighted by atomic mass is 10.2. The van der Waals surface area contributed by atoms with E-state index in [0.717, 1.165) is 18.0 Å². The Bertz CT molecular complexity index is 522. The highest BCUT2D eigenvalue weighted by Gasteiger charge is 2.07. The van der Waals surface area contributed by atoms with Crippen molar-refractivity contribution in [1.82, 2.24) is 20.5 Å². The number of anilines is 1. The molecule has 0 aromatic carbocycles. The molecule has 0 atom stereocenters. The van der Waals surface area contributed by atoms with Crippen molar-refractivity contribution in [1.29, 1.82) is 0 Å². The van der Waals surface area contributed by atoms with Gasteiger partial charge >= 0.3 is 6.01 Å². The van der Waals surface area contributed by atoms with Gasteiger partial charge in [-0.1, -0.05) is 25.9 Å². The Morgan fingerprint density at radius 3 is 2.85 bits per heavy atom. The van der Waals surface area contributed by atoms with Crippen LogP contribution >= 0.6 is 11.3 Å². The summed E-state index contributed by atoms with van der Waals surface area (Å²) in [5.41, 5.74) is 0. The molecular formula is C13H21N5OS. The van der Waals surface area contributed by atoms with Gasteiger partial charge in [0, 0.05) is 11.1 Å². The summed E-state index contributed by atoms with van der Waals surface area (Å²) in [5.74, 6) is 1.20. The van der Waals surface area contributed by atoms with Crippen LogP contribution in [0.4, 0.5) is 6.01 Å². The molecule has 0 saturated carbocycles. The lowest BCUT2D eigenvalue weighted by molar-refractivity contribution is 0.458. The monoisotopic (exact) mass is 295 g/mol. The van der Waals surface area contributed by atoms with Crippen molar-refractivity contribution in [2.75, 3.05) is 11.9 Å². The molecule has 6 nitrogen and oxygen atoms in total. The molecule has 0 aliphatic carbocycles. The Kier molecular flexibility index (Phi) is 5.49. The Hall–Kier alpha value is -1.47. The van der Waals surface area contributed by atoms with E-state index in [-0.39, 0.29) is 0 Å². The lowest BCUT2D eigenvalue weighted by Crippen LogP contribution is -2.19. The number of nitrogens with zero attached hydrogens (tertiary/aromatic N) is 3. The molecule has 110 valence electrons. The molecule has 0 unspecified atom stereocenters. The number of hydrogen-bond donors (Lipinski definition) is 2. The molecule has 0 aliphatic rings. The van der Waals surface area contributed by atoms with Crippen LogP contribution in [0.15, 0.2) is 10.6 Å². The Balaban J connectivity index is 1.77. The summed E-state index contributed by atoms with van der Waals surface area (Å²) in [4.78, 5) is 5.61. The van der Waals surface area contributed by atoms with E-state index in [9.17, 15) is 0 Å². The van der Waals surface area contributed by atoms with Gasteiger partial charge < -0.3 is 15.1 Å². The summed E-state index contributed by atoms with van der Waals surface area (Å²) in [7, 11) is 0. The van der Waals surface area contributed by atoms with Crippen LogP contribution < -0.4 is 10.6 Å². The zero-order valence-corrected chi connectivity index (χ0v) is 13.0. The predicted molar refractivity (Wildman–Crippen MR) is 79.7 cm³/mol. The molecule has 0 fully saturated rings. The first-order valence-corrected chi connectivity index (χ1v) is 7.69. The van der Waals surface area contributed by atoms with Gasteiger partial charge in [-0.2, -0.15) is 0 Å². The SMILES string of the molecule is CCc1cnc(CNc2nnc(CNCC(C)C)o2)s1. The number of hydrogen-bond acceptors (Lipinski definition) is 7. The highest BCUT2D eigenvalue weighted by atomic mass is 32.1. The molecule has 0 amide bonds. The van der Waals surface area contributed by atoms with Gasteiger partial charge in [0.05, 0.1) is 13.1 Å². The standard InChI is InChI=1S/C13H21N5OS/c1-4-10-6-15-12(20-10)8-16-13-18-17-11(19-13)7-14-5-9(2)3/h6,9,14H,4-5,7-8H2,1-3H3,(H,16,18). The fraction of sp³-hybridized carbons (Fsp3) is 0.615. The third-order valence-electron chi connectivity index (χ3n) is 2.64. The second kappa shape index (κ2) is 7.35. The molecule has 0 bridgehead atoms. The number of nitrogens with one attached hydrogen (secondary N) is 2. The smallest absolute Gasteiger partial charge is 0.315 e. The summed E-state index contributed by atoms with van der Waals surface area (Å²) >= 11 is 1.70. The van der Waals surface area contributed by atoms with Crippen molar-refractivity contribution in [2.24, 2.45) is 5.92 Å². The molecule has 2 aromatic rings. The number of rotatable bonds is 8. The molecule has 0 saturated heterocycles. The van der Waals surface area contributed by atoms with E-state index in [0.29, 0.717) is 30.9 Å². The van der Waals surface area contributed by atoms with Gasteiger partial charge in [-0.25, -0.2) is 4.98 Å². The fourth-order valence-electron chi connectivity index (χ4n) is 1.61. The molecule has 7 heteroatoms. The number of aryl methyl sites for hydroxylation is 1. The minimum Gasteiger partial charge on any atom is -0.407 e. The van der Waals surface area contributed by atoms with Crippen LogP contribution in [0, 0.1) is 5.92 Å². The van der Waals surface area contributed by atoms with Crippen LogP contribution in [0.5, 0.6) is 0 Å². The topological polar surface area (TPSA) is 75.9 Å². The third-order valence-corrected chi connectivity index (χ3v) is 3.78. The van der Waals surface area contributed by atoms with Gasteiger partial charge in [0.1, 0.15) is 5.01 Å². The summed E-state index contributed by atoms with van der Waals surface area (Å²) in [6, 6.07) is 0.444. The molecule has 20 heavy (non-hydrogen) atoms. The van der Waals surface area contributed by atoms with Crippen LogP contribution in [0.1, 0.15) is 36.5 Å². The maximum Gasteiger partial charge on any atom is 0.315 e. The third kappa shape index (κ3) is 4.57. The predicted octanol–water partition coefficient (Wildman–Crippen LogP) is 2.45. The average Bonchev–Trinajstić information content (AvgIpc) is 3.04. The van der Waals surface area contributed by atoms with Crippen molar-refractivity contribution in [3.8, 4) is 0 Å². The minimum atomic E-state index is 0.444. The molecule has 2 rings (SSSR count). The second-order valence-electron chi connectivity index (χ2n) is 4.95. The highest BCUT2D eigenvalue weighted by molar-refractivity contribution is 7.11. The fourth-order valence-corrected chi connectivity index (χ4v) is 2.41. The average molecular weight is 295 g/mol. The zero-order chi connectivity index (χ0) is 14.4. The van der Waals surface area contributed by atoms with Crippen LogP contribution in [0.2, 0.25) is 0 Å². The number of aromatic nitrogens is 3. The molecule has 0 spiro atoms. The number of thiazole rings is 1. The molecule has 0 aliphatic heterocycles. The van der Waals surface area contributed by atoms with Crippen LogP contribution in [0.3, 0.4) is 0 Å². The maximum atomic E-state index is 5.50. The van der Waals surface area contributed by atoms with E-state index in [1.807, 2.05) is 6.20 Å². The van der Waals surface area contributed by atoms with E-state index < -0.39 is 0 Å². The lowest BCUT2D eigenvalue weighted by Gasteiger charge is -2.03. The van der Waals surface area contributed by atoms with E-state index in [2.05, 4.69) is 46.6 Å². The van der Waals surface area contributed by atoms with Crippen molar-refractivity contribution < 1.29 is 4.42 Å².